The number of thioether (sulfide) groups is 1. The fraction of sp³-hybridized carbons (Fsp3) is 0.333. The number of anilines is 1. The van der Waals surface area contributed by atoms with Crippen molar-refractivity contribution in [1.29, 1.82) is 5.26 Å². The van der Waals surface area contributed by atoms with Gasteiger partial charge in [-0.3, -0.25) is 9.30 Å². The van der Waals surface area contributed by atoms with Crippen molar-refractivity contribution in [2.45, 2.75) is 37.2 Å². The van der Waals surface area contributed by atoms with Gasteiger partial charge in [-0.05, 0) is 75.7 Å². The Kier molecular flexibility index (Phi) is 6.01. The van der Waals surface area contributed by atoms with Crippen LogP contribution in [0.15, 0.2) is 59.5 Å². The van der Waals surface area contributed by atoms with E-state index in [1.165, 1.54) is 16.3 Å². The molecule has 1 fully saturated rings. The highest BCUT2D eigenvalue weighted by atomic mass is 32.2. The lowest BCUT2D eigenvalue weighted by Gasteiger charge is -2.34. The van der Waals surface area contributed by atoms with E-state index in [0.29, 0.717) is 11.7 Å². The minimum Gasteiger partial charge on any atom is -0.342 e. The molecule has 2 aromatic heterocycles. The van der Waals surface area contributed by atoms with E-state index in [2.05, 4.69) is 83.8 Å². The van der Waals surface area contributed by atoms with Crippen molar-refractivity contribution in [2.24, 2.45) is 0 Å². The smallest absolute Gasteiger partial charge is 0.157 e. The fourth-order valence-electron chi connectivity index (χ4n) is 5.09. The molecule has 0 radical (unpaired) electrons. The average molecular weight is 456 g/mol. The molecule has 5 nitrogen and oxygen atoms in total. The summed E-state index contributed by atoms with van der Waals surface area (Å²) in [5, 5.41) is 10.1. The lowest BCUT2D eigenvalue weighted by atomic mass is 10.0. The van der Waals surface area contributed by atoms with Crippen molar-refractivity contribution in [1.82, 2.24) is 14.3 Å². The quantitative estimate of drug-likeness (QED) is 0.360. The number of aromatic nitrogens is 2. The fourth-order valence-corrected chi connectivity index (χ4v) is 5.98. The maximum Gasteiger partial charge on any atom is 0.157 e. The van der Waals surface area contributed by atoms with Crippen molar-refractivity contribution < 1.29 is 0 Å². The van der Waals surface area contributed by atoms with Gasteiger partial charge in [0.05, 0.1) is 22.8 Å². The van der Waals surface area contributed by atoms with E-state index in [-0.39, 0.29) is 0 Å². The molecule has 1 aliphatic heterocycles. The first kappa shape index (κ1) is 21.8. The van der Waals surface area contributed by atoms with E-state index >= 15 is 0 Å². The molecule has 0 amide bonds. The summed E-state index contributed by atoms with van der Waals surface area (Å²) in [6, 6.07) is 21.3. The van der Waals surface area contributed by atoms with Gasteiger partial charge in [-0.25, -0.2) is 4.98 Å². The maximum absolute atomic E-state index is 10.1. The number of hydrogen-bond acceptors (Lipinski definition) is 5. The Bertz CT molecular complexity index is 1340. The van der Waals surface area contributed by atoms with E-state index in [0.717, 1.165) is 53.8 Å². The molecule has 3 heterocycles. The van der Waals surface area contributed by atoms with E-state index in [1.54, 1.807) is 0 Å². The molecule has 6 heteroatoms. The van der Waals surface area contributed by atoms with E-state index in [9.17, 15) is 5.26 Å². The monoisotopic (exact) mass is 455 g/mol. The number of pyridine rings is 1. The van der Waals surface area contributed by atoms with Crippen LogP contribution in [-0.2, 0) is 6.42 Å². The summed E-state index contributed by atoms with van der Waals surface area (Å²) in [7, 11) is 4.32. The minimum absolute atomic E-state index is 0.335. The van der Waals surface area contributed by atoms with Crippen LogP contribution in [0.25, 0.3) is 16.7 Å². The molecule has 1 unspecified atom stereocenters. The second-order valence-electron chi connectivity index (χ2n) is 8.86. The van der Waals surface area contributed by atoms with Crippen LogP contribution < -0.4 is 4.90 Å². The van der Waals surface area contributed by atoms with Gasteiger partial charge in [0.15, 0.2) is 5.65 Å². The molecule has 1 atom stereocenters. The van der Waals surface area contributed by atoms with Gasteiger partial charge in [-0.1, -0.05) is 30.3 Å². The predicted molar refractivity (Wildman–Crippen MR) is 137 cm³/mol. The summed E-state index contributed by atoms with van der Waals surface area (Å²) in [6.45, 7) is 3.11. The number of para-hydroxylation sites is 2. The Labute approximate surface area is 199 Å². The van der Waals surface area contributed by atoms with Gasteiger partial charge >= 0.3 is 0 Å². The van der Waals surface area contributed by atoms with Gasteiger partial charge in [-0.2, -0.15) is 5.26 Å². The van der Waals surface area contributed by atoms with Gasteiger partial charge in [0.25, 0.3) is 0 Å². The van der Waals surface area contributed by atoms with Crippen LogP contribution in [0.4, 0.5) is 5.82 Å². The first-order chi connectivity index (χ1) is 16.1. The number of imidazole rings is 1. The normalized spacial score (nSPS) is 16.2. The van der Waals surface area contributed by atoms with Crippen LogP contribution in [0.1, 0.15) is 29.5 Å². The summed E-state index contributed by atoms with van der Waals surface area (Å²) >= 11 is 1.87. The molecule has 168 valence electrons. The lowest BCUT2D eigenvalue weighted by molar-refractivity contribution is 0.300. The Balaban J connectivity index is 1.70. The Morgan fingerprint density at radius 2 is 1.88 bits per heavy atom. The summed E-state index contributed by atoms with van der Waals surface area (Å²) in [5.74, 6) is 2.17. The average Bonchev–Trinajstić information content (AvgIpc) is 3.45. The van der Waals surface area contributed by atoms with E-state index in [1.807, 2.05) is 23.9 Å². The highest BCUT2D eigenvalue weighted by Gasteiger charge is 2.32. The number of nitriles is 1. The number of fused-ring (bicyclic) bond motifs is 3. The first-order valence-electron chi connectivity index (χ1n) is 11.5. The summed E-state index contributed by atoms with van der Waals surface area (Å²) in [4.78, 5) is 11.0. The van der Waals surface area contributed by atoms with Gasteiger partial charge in [-0.15, -0.1) is 11.8 Å². The molecule has 4 aromatic rings. The molecule has 0 spiro atoms. The van der Waals surface area contributed by atoms with Crippen LogP contribution in [0, 0.1) is 18.3 Å². The van der Waals surface area contributed by atoms with Crippen LogP contribution in [0.5, 0.6) is 0 Å². The van der Waals surface area contributed by atoms with Crippen LogP contribution in [0.2, 0.25) is 0 Å². The molecule has 33 heavy (non-hydrogen) atoms. The summed E-state index contributed by atoms with van der Waals surface area (Å²) in [5.41, 5.74) is 5.80. The molecule has 2 aromatic carbocycles. The minimum atomic E-state index is 0.335. The third-order valence-electron chi connectivity index (χ3n) is 6.66. The first-order valence-corrected chi connectivity index (χ1v) is 12.5. The molecular weight excluding hydrogens is 426 g/mol. The third kappa shape index (κ3) is 3.86. The molecule has 0 bridgehead atoms. The number of hydrogen-bond donors (Lipinski definition) is 0. The predicted octanol–water partition coefficient (Wildman–Crippen LogP) is 5.49. The van der Waals surface area contributed by atoms with Crippen LogP contribution in [0.3, 0.4) is 0 Å². The zero-order chi connectivity index (χ0) is 22.9. The molecule has 1 saturated heterocycles. The van der Waals surface area contributed by atoms with Crippen LogP contribution in [-0.4, -0.2) is 46.8 Å². The molecule has 0 N–H and O–H groups in total. The Morgan fingerprint density at radius 1 is 1.12 bits per heavy atom. The second-order valence-corrected chi connectivity index (χ2v) is 10.0. The van der Waals surface area contributed by atoms with Crippen LogP contribution >= 0.6 is 11.8 Å². The third-order valence-corrected chi connectivity index (χ3v) is 7.67. The number of nitrogens with zero attached hydrogens (tertiary/aromatic N) is 5. The number of benzene rings is 2. The van der Waals surface area contributed by atoms with E-state index in [4.69, 9.17) is 4.98 Å². The Morgan fingerprint density at radius 3 is 2.64 bits per heavy atom. The molecular formula is C27H29N5S. The van der Waals surface area contributed by atoms with Crippen molar-refractivity contribution in [3.63, 3.8) is 0 Å². The molecule has 0 saturated carbocycles. The van der Waals surface area contributed by atoms with Crippen molar-refractivity contribution in [3.8, 4) is 6.07 Å². The van der Waals surface area contributed by atoms with Crippen molar-refractivity contribution in [2.75, 3.05) is 31.3 Å². The molecule has 1 aliphatic rings. The van der Waals surface area contributed by atoms with E-state index < -0.39 is 0 Å². The SMILES string of the molecule is Cc1c(CCSc2ccccc2)c(N2CCCC2N(C)C)n2c(nc3ccccc32)c1C#N. The second kappa shape index (κ2) is 9.09. The zero-order valence-corrected chi connectivity index (χ0v) is 20.3. The topological polar surface area (TPSA) is 47.6 Å². The molecule has 0 aliphatic carbocycles. The maximum atomic E-state index is 10.1. The molecule has 5 rings (SSSR count). The van der Waals surface area contributed by atoms with Crippen molar-refractivity contribution in [3.05, 3.63) is 71.3 Å². The highest BCUT2D eigenvalue weighted by molar-refractivity contribution is 7.99. The van der Waals surface area contributed by atoms with Crippen molar-refractivity contribution >= 4 is 34.3 Å². The Hall–Kier alpha value is -3.01. The summed E-state index contributed by atoms with van der Waals surface area (Å²) < 4.78 is 2.26. The zero-order valence-electron chi connectivity index (χ0n) is 19.5. The van der Waals surface area contributed by atoms with Gasteiger partial charge < -0.3 is 4.90 Å². The lowest BCUT2D eigenvalue weighted by Crippen LogP contribution is -2.42. The largest absolute Gasteiger partial charge is 0.342 e. The van der Waals surface area contributed by atoms with Gasteiger partial charge in [0.2, 0.25) is 0 Å². The van der Waals surface area contributed by atoms with Gasteiger partial charge in [0.1, 0.15) is 11.9 Å². The standard InChI is InChI=1S/C27H29N5S/c1-19-21(15-17-33-20-10-5-4-6-11-20)27(31-16-9-14-25(31)30(2)3)32-24-13-8-7-12-23(24)29-26(32)22(19)18-28/h4-8,10-13,25H,9,14-17H2,1-3H3. The van der Waals surface area contributed by atoms with Gasteiger partial charge in [0, 0.05) is 17.2 Å². The highest BCUT2D eigenvalue weighted by Crippen LogP contribution is 2.37. The summed E-state index contributed by atoms with van der Waals surface area (Å²) in [6.07, 6.45) is 3.53. The number of rotatable bonds is 6.